The molecule has 1 aliphatic rings. The van der Waals surface area contributed by atoms with Gasteiger partial charge in [-0.1, -0.05) is 36.4 Å². The van der Waals surface area contributed by atoms with Gasteiger partial charge in [-0.05, 0) is 67.6 Å². The summed E-state index contributed by atoms with van der Waals surface area (Å²) in [5, 5.41) is 1.97. The number of Topliss-reactive ketones (excluding diaryl/α,β-unsaturated/α-hetero) is 1. The summed E-state index contributed by atoms with van der Waals surface area (Å²) in [5.74, 6) is -0.660. The van der Waals surface area contributed by atoms with Crippen LogP contribution >= 0.6 is 11.3 Å². The maximum Gasteiger partial charge on any atom is 0.412 e. The number of carbonyl (C=O) groups is 2. The first-order valence-corrected chi connectivity index (χ1v) is 13.5. The number of anilines is 1. The zero-order valence-corrected chi connectivity index (χ0v) is 22.8. The minimum atomic E-state index is -1.08. The van der Waals surface area contributed by atoms with Gasteiger partial charge in [0.25, 0.3) is 0 Å². The number of methoxy groups -OCH3 is 1. The maximum atomic E-state index is 14.4. The van der Waals surface area contributed by atoms with E-state index in [1.165, 1.54) is 14.0 Å². The second kappa shape index (κ2) is 10.8. The van der Waals surface area contributed by atoms with Gasteiger partial charge in [0.05, 0.1) is 23.1 Å². The Morgan fingerprint density at radius 3 is 2.30 bits per heavy atom. The Balaban J connectivity index is 1.36. The van der Waals surface area contributed by atoms with Crippen LogP contribution in [0.1, 0.15) is 43.9 Å². The molecule has 0 unspecified atom stereocenters. The quantitative estimate of drug-likeness (QED) is 0.233. The van der Waals surface area contributed by atoms with Crippen LogP contribution in [0.5, 0.6) is 5.75 Å². The van der Waals surface area contributed by atoms with Gasteiger partial charge >= 0.3 is 6.09 Å². The van der Waals surface area contributed by atoms with E-state index < -0.39 is 29.0 Å². The van der Waals surface area contributed by atoms with Crippen molar-refractivity contribution >= 4 is 28.9 Å². The van der Waals surface area contributed by atoms with Crippen LogP contribution in [0.25, 0.3) is 21.6 Å². The molecule has 4 aromatic rings. The van der Waals surface area contributed by atoms with Gasteiger partial charge in [-0.25, -0.2) is 13.6 Å². The van der Waals surface area contributed by atoms with Crippen molar-refractivity contribution in [3.05, 3.63) is 94.6 Å². The van der Waals surface area contributed by atoms with E-state index in [4.69, 9.17) is 9.47 Å². The number of carbonyl (C=O) groups excluding carboxylic acids is 2. The summed E-state index contributed by atoms with van der Waals surface area (Å²) < 4.78 is 52.8. The molecule has 3 aromatic carbocycles. The lowest BCUT2D eigenvalue weighted by atomic mass is 9.90. The molecule has 1 amide bonds. The third-order valence-electron chi connectivity index (χ3n) is 7.25. The van der Waals surface area contributed by atoms with Crippen molar-refractivity contribution in [1.29, 1.82) is 0 Å². The highest BCUT2D eigenvalue weighted by atomic mass is 32.1. The van der Waals surface area contributed by atoms with E-state index in [-0.39, 0.29) is 22.4 Å². The summed E-state index contributed by atoms with van der Waals surface area (Å²) in [4.78, 5) is 25.1. The fourth-order valence-corrected chi connectivity index (χ4v) is 5.70. The Morgan fingerprint density at radius 1 is 0.950 bits per heavy atom. The van der Waals surface area contributed by atoms with Gasteiger partial charge in [0.1, 0.15) is 29.3 Å². The Kier molecular flexibility index (Phi) is 7.42. The maximum absolute atomic E-state index is 14.4. The van der Waals surface area contributed by atoms with E-state index in [0.717, 1.165) is 65.1 Å². The highest BCUT2D eigenvalue weighted by Crippen LogP contribution is 2.49. The third kappa shape index (κ3) is 5.34. The number of halogens is 3. The number of amides is 1. The molecular formula is C31H26F3NO4S. The second-order valence-corrected chi connectivity index (χ2v) is 10.8. The van der Waals surface area contributed by atoms with Gasteiger partial charge in [0.2, 0.25) is 0 Å². The van der Waals surface area contributed by atoms with Gasteiger partial charge in [0, 0.05) is 17.2 Å². The molecule has 0 saturated heterocycles. The largest absolute Gasteiger partial charge is 0.496 e. The van der Waals surface area contributed by atoms with E-state index >= 15 is 0 Å². The normalized spacial score (nSPS) is 14.3. The highest BCUT2D eigenvalue weighted by Gasteiger charge is 2.48. The van der Waals surface area contributed by atoms with Crippen LogP contribution in [-0.2, 0) is 14.9 Å². The second-order valence-electron chi connectivity index (χ2n) is 9.76. The first-order chi connectivity index (χ1) is 19.1. The summed E-state index contributed by atoms with van der Waals surface area (Å²) in [6, 6.07) is 17.3. The molecule has 206 valence electrons. The lowest BCUT2D eigenvalue weighted by Crippen LogP contribution is -2.16. The van der Waals surface area contributed by atoms with Gasteiger partial charge in [-0.2, -0.15) is 4.39 Å². The molecule has 1 aliphatic carbocycles. The monoisotopic (exact) mass is 565 g/mol. The molecule has 0 bridgehead atoms. The molecule has 0 radical (unpaired) electrons. The average Bonchev–Trinajstić information content (AvgIpc) is 3.67. The van der Waals surface area contributed by atoms with E-state index in [9.17, 15) is 22.8 Å². The van der Waals surface area contributed by atoms with Gasteiger partial charge < -0.3 is 9.47 Å². The molecule has 5 rings (SSSR count). The fourth-order valence-electron chi connectivity index (χ4n) is 4.87. The van der Waals surface area contributed by atoms with Crippen molar-refractivity contribution < 1.29 is 32.2 Å². The zero-order chi connectivity index (χ0) is 28.6. The van der Waals surface area contributed by atoms with Crippen LogP contribution in [-0.4, -0.2) is 19.0 Å². The number of ether oxygens (including phenoxy) is 2. The van der Waals surface area contributed by atoms with Crippen molar-refractivity contribution in [1.82, 2.24) is 0 Å². The summed E-state index contributed by atoms with van der Waals surface area (Å²) in [6.07, 6.45) is -0.306. The minimum absolute atomic E-state index is 0.117. The summed E-state index contributed by atoms with van der Waals surface area (Å²) in [6.45, 7) is 3.04. The molecule has 9 heteroatoms. The van der Waals surface area contributed by atoms with Gasteiger partial charge in [-0.3, -0.25) is 10.1 Å². The molecule has 1 heterocycles. The van der Waals surface area contributed by atoms with E-state index in [2.05, 4.69) is 5.32 Å². The van der Waals surface area contributed by atoms with Crippen molar-refractivity contribution in [3.8, 4) is 27.3 Å². The molecule has 40 heavy (non-hydrogen) atoms. The van der Waals surface area contributed by atoms with Crippen LogP contribution in [0.4, 0.5) is 23.7 Å². The van der Waals surface area contributed by atoms with Crippen molar-refractivity contribution in [2.75, 3.05) is 12.4 Å². The number of thiophene rings is 1. The Labute approximate surface area is 233 Å². The van der Waals surface area contributed by atoms with Gasteiger partial charge in [0.15, 0.2) is 5.13 Å². The predicted molar refractivity (Wildman–Crippen MR) is 148 cm³/mol. The summed E-state index contributed by atoms with van der Waals surface area (Å²) >= 11 is 0.830. The topological polar surface area (TPSA) is 64.6 Å². The molecule has 5 nitrogen and oxygen atoms in total. The van der Waals surface area contributed by atoms with Crippen molar-refractivity contribution in [2.24, 2.45) is 0 Å². The number of nitrogens with one attached hydrogen (secondary N) is 1. The summed E-state index contributed by atoms with van der Waals surface area (Å²) in [7, 11) is 1.53. The SMILES string of the molecule is COc1cc(-c2sc(F)cc2NC(=O)O[C@H](C)c2cc(F)ccc2F)ccc1-c1ccc(C2(C(C)=O)CC2)cc1. The molecule has 1 atom stereocenters. The van der Waals surface area contributed by atoms with E-state index in [0.29, 0.717) is 16.2 Å². The van der Waals surface area contributed by atoms with Crippen LogP contribution in [0.15, 0.2) is 66.7 Å². The summed E-state index contributed by atoms with van der Waals surface area (Å²) in [5.41, 5.74) is 2.99. The number of hydrogen-bond donors (Lipinski definition) is 1. The lowest BCUT2D eigenvalue weighted by molar-refractivity contribution is -0.119. The number of hydrogen-bond acceptors (Lipinski definition) is 5. The molecular weight excluding hydrogens is 539 g/mol. The first-order valence-electron chi connectivity index (χ1n) is 12.6. The van der Waals surface area contributed by atoms with Crippen LogP contribution < -0.4 is 10.1 Å². The smallest absolute Gasteiger partial charge is 0.412 e. The van der Waals surface area contributed by atoms with Crippen LogP contribution in [0, 0.1) is 16.8 Å². The lowest BCUT2D eigenvalue weighted by Gasteiger charge is -2.16. The molecule has 1 N–H and O–H groups in total. The standard InChI is InChI=1S/C31H26F3NO4S/c1-17(24-15-22(32)9-11-25(24)33)39-30(37)35-26-16-28(34)40-29(26)20-6-10-23(27(14-20)38-3)19-4-7-21(8-5-19)31(12-13-31)18(2)36/h4-11,14-17H,12-13H2,1-3H3,(H,35,37)/t17-/m1/s1. The molecule has 0 spiro atoms. The Morgan fingerprint density at radius 2 is 1.65 bits per heavy atom. The first kappa shape index (κ1) is 27.5. The zero-order valence-electron chi connectivity index (χ0n) is 22.0. The van der Waals surface area contributed by atoms with Crippen LogP contribution in [0.2, 0.25) is 0 Å². The molecule has 1 fully saturated rings. The van der Waals surface area contributed by atoms with Crippen molar-refractivity contribution in [2.45, 2.75) is 38.2 Å². The Hall–Kier alpha value is -4.11. The number of rotatable bonds is 8. The molecule has 0 aliphatic heterocycles. The van der Waals surface area contributed by atoms with Gasteiger partial charge in [-0.15, -0.1) is 11.3 Å². The third-order valence-corrected chi connectivity index (χ3v) is 8.23. The van der Waals surface area contributed by atoms with Crippen LogP contribution in [0.3, 0.4) is 0 Å². The molecule has 1 saturated carbocycles. The fraction of sp³-hybridized carbons (Fsp3) is 0.226. The molecule has 1 aromatic heterocycles. The Bertz CT molecular complexity index is 1590. The van der Waals surface area contributed by atoms with E-state index in [1.807, 2.05) is 30.3 Å². The van der Waals surface area contributed by atoms with Crippen molar-refractivity contribution in [3.63, 3.8) is 0 Å². The van der Waals surface area contributed by atoms with E-state index in [1.54, 1.807) is 19.1 Å². The predicted octanol–water partition coefficient (Wildman–Crippen LogP) is 8.44. The number of benzene rings is 3. The minimum Gasteiger partial charge on any atom is -0.496 e. The highest BCUT2D eigenvalue weighted by molar-refractivity contribution is 7.14. The average molecular weight is 566 g/mol. The number of ketones is 1.